The number of esters is 1. The molecule has 0 amide bonds. The van der Waals surface area contributed by atoms with Gasteiger partial charge in [0, 0.05) is 0 Å². The predicted octanol–water partition coefficient (Wildman–Crippen LogP) is 1.93. The fourth-order valence-electron chi connectivity index (χ4n) is 13.2. The largest absolute Gasteiger partial charge is 0.432 e. The Bertz CT molecular complexity index is 1430. The van der Waals surface area contributed by atoms with Crippen LogP contribution >= 0.6 is 0 Å². The molecule has 7 aliphatic rings. The van der Waals surface area contributed by atoms with Crippen molar-refractivity contribution in [1.29, 1.82) is 0 Å². The number of aliphatic hydroxyl groups excluding tert-OH is 8. The van der Waals surface area contributed by atoms with E-state index >= 15 is 0 Å². The molecule has 0 radical (unpaired) electrons. The Kier molecular flexibility index (Phi) is 10.8. The minimum atomic E-state index is -1.65. The van der Waals surface area contributed by atoms with Crippen LogP contribution in [0.15, 0.2) is 11.6 Å². The molecule has 0 aromatic rings. The summed E-state index contributed by atoms with van der Waals surface area (Å²) >= 11 is 0. The fraction of sp³-hybridized carbons (Fsp3) is 0.927. The zero-order chi connectivity index (χ0) is 39.3. The van der Waals surface area contributed by atoms with Gasteiger partial charge < -0.3 is 59.8 Å². The Morgan fingerprint density at radius 2 is 1.28 bits per heavy atom. The molecule has 2 heterocycles. The fourth-order valence-corrected chi connectivity index (χ4v) is 13.2. The maximum atomic E-state index is 14.5. The van der Waals surface area contributed by atoms with Crippen LogP contribution in [0.25, 0.3) is 0 Å². The van der Waals surface area contributed by atoms with Crippen LogP contribution in [0.3, 0.4) is 0 Å². The summed E-state index contributed by atoms with van der Waals surface area (Å²) < 4.78 is 23.8. The first-order chi connectivity index (χ1) is 25.3. The van der Waals surface area contributed by atoms with Crippen LogP contribution in [0.4, 0.5) is 0 Å². The van der Waals surface area contributed by atoms with Gasteiger partial charge in [0.2, 0.25) is 6.29 Å². The summed E-state index contributed by atoms with van der Waals surface area (Å²) in [4.78, 5) is 14.5. The van der Waals surface area contributed by atoms with E-state index in [1.165, 1.54) is 5.57 Å². The van der Waals surface area contributed by atoms with E-state index in [-0.39, 0.29) is 39.6 Å². The molecule has 13 heteroatoms. The minimum absolute atomic E-state index is 0.00503. The summed E-state index contributed by atoms with van der Waals surface area (Å²) in [6.45, 7) is 12.8. The Balaban J connectivity index is 1.13. The third-order valence-corrected chi connectivity index (χ3v) is 16.4. The van der Waals surface area contributed by atoms with Crippen molar-refractivity contribution in [3.05, 3.63) is 11.6 Å². The van der Waals surface area contributed by atoms with Crippen molar-refractivity contribution in [2.75, 3.05) is 13.2 Å². The Morgan fingerprint density at radius 3 is 1.91 bits per heavy atom. The number of aliphatic hydroxyl groups is 8. The van der Waals surface area contributed by atoms with E-state index in [2.05, 4.69) is 47.6 Å². The van der Waals surface area contributed by atoms with Crippen LogP contribution < -0.4 is 0 Å². The Hall–Kier alpha value is -1.23. The SMILES string of the molecule is CC1(C)CC[C@]2(C(=O)O[C@@H]3O[C@H](CO)[C@@H](O)[C@H](O)[C@H]3O)CCC3C(=CC[C@H]4[C@@]3(C)CCC3C(C)(C)[C@@H](O[C@@H]5O[C@H](CO)[C@@H](O)[C@H](O)[C@H]5O)CC[C@@]34C)[C@H]2C1. The molecule has 0 aromatic carbocycles. The highest BCUT2D eigenvalue weighted by atomic mass is 16.7. The van der Waals surface area contributed by atoms with Gasteiger partial charge in [-0.25, -0.2) is 0 Å². The molecule has 2 aliphatic heterocycles. The van der Waals surface area contributed by atoms with Gasteiger partial charge in [-0.05, 0) is 110 Å². The van der Waals surface area contributed by atoms with Gasteiger partial charge in [-0.3, -0.25) is 4.79 Å². The van der Waals surface area contributed by atoms with E-state index in [0.29, 0.717) is 24.7 Å². The first kappa shape index (κ1) is 40.9. The molecule has 2 unspecified atom stereocenters. The molecule has 54 heavy (non-hydrogen) atoms. The lowest BCUT2D eigenvalue weighted by Crippen LogP contribution is -2.64. The average molecular weight is 767 g/mol. The Labute approximate surface area is 319 Å². The highest BCUT2D eigenvalue weighted by Gasteiger charge is 2.67. The second-order valence-electron chi connectivity index (χ2n) is 20.0. The zero-order valence-corrected chi connectivity index (χ0v) is 32.8. The topological polar surface area (TPSA) is 216 Å². The number of fused-ring (bicyclic) bond motifs is 7. The smallest absolute Gasteiger partial charge is 0.315 e. The molecule has 13 nitrogen and oxygen atoms in total. The molecule has 8 N–H and O–H groups in total. The molecule has 6 fully saturated rings. The van der Waals surface area contributed by atoms with Crippen LogP contribution in [0.1, 0.15) is 106 Å². The number of hydrogen-bond donors (Lipinski definition) is 8. The molecule has 0 aromatic heterocycles. The summed E-state index contributed by atoms with van der Waals surface area (Å²) in [5.41, 5.74) is 0.204. The van der Waals surface area contributed by atoms with Crippen molar-refractivity contribution in [2.45, 2.75) is 173 Å². The molecule has 7 rings (SSSR count). The number of carbonyl (C=O) groups is 1. The van der Waals surface area contributed by atoms with E-state index in [1.54, 1.807) is 0 Å². The van der Waals surface area contributed by atoms with Gasteiger partial charge in [-0.2, -0.15) is 0 Å². The van der Waals surface area contributed by atoms with E-state index in [0.717, 1.165) is 51.4 Å². The molecular weight excluding hydrogens is 700 g/mol. The molecule has 4 saturated carbocycles. The van der Waals surface area contributed by atoms with Crippen LogP contribution in [0.2, 0.25) is 0 Å². The van der Waals surface area contributed by atoms with Crippen LogP contribution in [-0.4, -0.2) is 128 Å². The van der Waals surface area contributed by atoms with E-state index in [9.17, 15) is 45.6 Å². The summed E-state index contributed by atoms with van der Waals surface area (Å²) in [5.74, 6) is 0.461. The molecule has 0 spiro atoms. The van der Waals surface area contributed by atoms with Gasteiger partial charge in [0.05, 0.1) is 24.7 Å². The molecule has 0 bridgehead atoms. The van der Waals surface area contributed by atoms with Crippen molar-refractivity contribution in [3.63, 3.8) is 0 Å². The first-order valence-corrected chi connectivity index (χ1v) is 20.4. The van der Waals surface area contributed by atoms with Crippen molar-refractivity contribution >= 4 is 5.97 Å². The lowest BCUT2D eigenvalue weighted by atomic mass is 9.37. The predicted molar refractivity (Wildman–Crippen MR) is 193 cm³/mol. The van der Waals surface area contributed by atoms with Gasteiger partial charge in [0.1, 0.15) is 48.8 Å². The molecule has 2 saturated heterocycles. The highest BCUT2D eigenvalue weighted by molar-refractivity contribution is 5.79. The lowest BCUT2D eigenvalue weighted by Gasteiger charge is -2.68. The summed E-state index contributed by atoms with van der Waals surface area (Å²) in [7, 11) is 0. The second kappa shape index (κ2) is 14.2. The number of carbonyl (C=O) groups excluding carboxylic acids is 1. The summed E-state index contributed by atoms with van der Waals surface area (Å²) in [6, 6.07) is 0. The molecule has 308 valence electrons. The van der Waals surface area contributed by atoms with Gasteiger partial charge in [0.25, 0.3) is 0 Å². The average Bonchev–Trinajstić information content (AvgIpc) is 3.12. The van der Waals surface area contributed by atoms with E-state index < -0.39 is 86.0 Å². The van der Waals surface area contributed by atoms with E-state index in [1.807, 2.05) is 0 Å². The third kappa shape index (κ3) is 6.26. The third-order valence-electron chi connectivity index (χ3n) is 16.4. The van der Waals surface area contributed by atoms with Gasteiger partial charge in [-0.1, -0.05) is 53.2 Å². The molecule has 5 aliphatic carbocycles. The number of rotatable bonds is 6. The first-order valence-electron chi connectivity index (χ1n) is 20.4. The zero-order valence-electron chi connectivity index (χ0n) is 32.8. The minimum Gasteiger partial charge on any atom is -0.432 e. The summed E-state index contributed by atoms with van der Waals surface area (Å²) in [6.07, 6.45) is -3.61. The molecular formula is C41H66O13. The van der Waals surface area contributed by atoms with Gasteiger partial charge in [-0.15, -0.1) is 0 Å². The van der Waals surface area contributed by atoms with Gasteiger partial charge >= 0.3 is 5.97 Å². The van der Waals surface area contributed by atoms with Crippen molar-refractivity contribution in [3.8, 4) is 0 Å². The standard InChI is InChI=1S/C41H66O13/c1-37(2)15-16-41(36(50)54-35-33(49)31(47)29(45)24(19-43)52-35)14-9-21-20(22(41)17-37)7-8-26-39(21,5)12-10-25-38(3,4)27(11-13-40(25,26)6)53-34-32(48)30(46)28(44)23(18-42)51-34/h7,21-35,42-49H,8-19H2,1-6H3/t21?,22-,23-,24-,25?,26+,27+,28-,29-,30+,31+,32-,33-,34+,35+,39+,40+,41-/m1/s1. The van der Waals surface area contributed by atoms with Crippen molar-refractivity contribution in [2.24, 2.45) is 50.7 Å². The van der Waals surface area contributed by atoms with Crippen LogP contribution in [0.5, 0.6) is 0 Å². The van der Waals surface area contributed by atoms with Crippen molar-refractivity contribution in [1.82, 2.24) is 0 Å². The second-order valence-corrected chi connectivity index (χ2v) is 20.0. The lowest BCUT2D eigenvalue weighted by molar-refractivity contribution is -0.329. The maximum absolute atomic E-state index is 14.5. The quantitative estimate of drug-likeness (QED) is 0.110. The van der Waals surface area contributed by atoms with Crippen LogP contribution in [0, 0.1) is 50.7 Å². The van der Waals surface area contributed by atoms with Crippen molar-refractivity contribution < 1.29 is 64.6 Å². The highest BCUT2D eigenvalue weighted by Crippen LogP contribution is 2.72. The normalized spacial score (nSPS) is 52.5. The maximum Gasteiger partial charge on any atom is 0.315 e. The Morgan fingerprint density at radius 1 is 0.685 bits per heavy atom. The van der Waals surface area contributed by atoms with Crippen LogP contribution in [-0.2, 0) is 23.7 Å². The molecule has 18 atom stereocenters. The van der Waals surface area contributed by atoms with E-state index in [4.69, 9.17) is 18.9 Å². The van der Waals surface area contributed by atoms with Gasteiger partial charge in [0.15, 0.2) is 6.29 Å². The number of allylic oxidation sites excluding steroid dienone is 2. The number of ether oxygens (including phenoxy) is 4. The monoisotopic (exact) mass is 766 g/mol. The number of hydrogen-bond acceptors (Lipinski definition) is 13. The summed E-state index contributed by atoms with van der Waals surface area (Å²) in [5, 5.41) is 82.5.